The van der Waals surface area contributed by atoms with Crippen molar-refractivity contribution in [3.05, 3.63) is 71.3 Å². The minimum Gasteiger partial charge on any atom is -0.478 e. The summed E-state index contributed by atoms with van der Waals surface area (Å²) in [7, 11) is 0. The number of hydrogen-bond acceptors (Lipinski definition) is 3. The maximum Gasteiger partial charge on any atom is 0.335 e. The van der Waals surface area contributed by atoms with E-state index in [0.717, 1.165) is 11.1 Å². The SMILES string of the molecule is CC(C)C(NC(=O)Cc1ccccc1)C(=O)NCCc1cccc(C(=O)O)c1. The maximum absolute atomic E-state index is 12.5. The van der Waals surface area contributed by atoms with Gasteiger partial charge in [0.25, 0.3) is 0 Å². The van der Waals surface area contributed by atoms with Gasteiger partial charge in [-0.1, -0.05) is 56.3 Å². The van der Waals surface area contributed by atoms with E-state index in [4.69, 9.17) is 5.11 Å². The Balaban J connectivity index is 1.87. The van der Waals surface area contributed by atoms with Crippen LogP contribution in [-0.2, 0) is 22.4 Å². The number of carbonyl (C=O) groups excluding carboxylic acids is 2. The van der Waals surface area contributed by atoms with E-state index in [1.807, 2.05) is 50.2 Å². The Morgan fingerprint density at radius 2 is 1.64 bits per heavy atom. The lowest BCUT2D eigenvalue weighted by molar-refractivity contribution is -0.129. The van der Waals surface area contributed by atoms with Crippen LogP contribution in [-0.4, -0.2) is 35.5 Å². The van der Waals surface area contributed by atoms with Crippen LogP contribution in [0.4, 0.5) is 0 Å². The zero-order valence-corrected chi connectivity index (χ0v) is 16.1. The van der Waals surface area contributed by atoms with Gasteiger partial charge in [0.1, 0.15) is 6.04 Å². The molecule has 0 saturated carbocycles. The van der Waals surface area contributed by atoms with Crippen LogP contribution >= 0.6 is 0 Å². The van der Waals surface area contributed by atoms with Gasteiger partial charge in [0.05, 0.1) is 12.0 Å². The zero-order chi connectivity index (χ0) is 20.5. The quantitative estimate of drug-likeness (QED) is 0.621. The fourth-order valence-electron chi connectivity index (χ4n) is 2.84. The first-order valence-electron chi connectivity index (χ1n) is 9.30. The highest BCUT2D eigenvalue weighted by atomic mass is 16.4. The average Bonchev–Trinajstić information content (AvgIpc) is 2.66. The largest absolute Gasteiger partial charge is 0.478 e. The fraction of sp³-hybridized carbons (Fsp3) is 0.318. The Bertz CT molecular complexity index is 818. The van der Waals surface area contributed by atoms with Crippen molar-refractivity contribution in [3.8, 4) is 0 Å². The van der Waals surface area contributed by atoms with E-state index in [2.05, 4.69) is 10.6 Å². The van der Waals surface area contributed by atoms with Crippen LogP contribution in [0, 0.1) is 5.92 Å². The zero-order valence-electron chi connectivity index (χ0n) is 16.1. The molecule has 0 saturated heterocycles. The summed E-state index contributed by atoms with van der Waals surface area (Å²) in [4.78, 5) is 35.8. The second-order valence-electron chi connectivity index (χ2n) is 7.00. The Hall–Kier alpha value is -3.15. The normalized spacial score (nSPS) is 11.7. The molecule has 2 rings (SSSR count). The molecule has 6 heteroatoms. The van der Waals surface area contributed by atoms with Gasteiger partial charge in [-0.25, -0.2) is 4.79 Å². The van der Waals surface area contributed by atoms with Gasteiger partial charge in [-0.15, -0.1) is 0 Å². The van der Waals surface area contributed by atoms with E-state index in [1.54, 1.807) is 12.1 Å². The molecule has 1 atom stereocenters. The number of benzene rings is 2. The van der Waals surface area contributed by atoms with Gasteiger partial charge in [-0.3, -0.25) is 9.59 Å². The summed E-state index contributed by atoms with van der Waals surface area (Å²) >= 11 is 0. The van der Waals surface area contributed by atoms with Crippen molar-refractivity contribution in [3.63, 3.8) is 0 Å². The first kappa shape index (κ1) is 21.2. The van der Waals surface area contributed by atoms with Gasteiger partial charge in [0, 0.05) is 6.54 Å². The Labute approximate surface area is 165 Å². The molecule has 1 unspecified atom stereocenters. The summed E-state index contributed by atoms with van der Waals surface area (Å²) in [5, 5.41) is 14.7. The van der Waals surface area contributed by atoms with Crippen molar-refractivity contribution in [1.82, 2.24) is 10.6 Å². The van der Waals surface area contributed by atoms with Crippen LogP contribution in [0.15, 0.2) is 54.6 Å². The lowest BCUT2D eigenvalue weighted by atomic mass is 10.0. The summed E-state index contributed by atoms with van der Waals surface area (Å²) in [5.41, 5.74) is 1.94. The van der Waals surface area contributed by atoms with Gasteiger partial charge in [0.2, 0.25) is 11.8 Å². The molecule has 0 spiro atoms. The maximum atomic E-state index is 12.5. The number of nitrogens with one attached hydrogen (secondary N) is 2. The number of aromatic carboxylic acids is 1. The van der Waals surface area contributed by atoms with Crippen molar-refractivity contribution < 1.29 is 19.5 Å². The van der Waals surface area contributed by atoms with Crippen LogP contribution in [0.2, 0.25) is 0 Å². The van der Waals surface area contributed by atoms with E-state index in [0.29, 0.717) is 13.0 Å². The average molecular weight is 382 g/mol. The van der Waals surface area contributed by atoms with Crippen LogP contribution in [0.25, 0.3) is 0 Å². The number of carboxylic acid groups (broad SMARTS) is 1. The molecular weight excluding hydrogens is 356 g/mol. The van der Waals surface area contributed by atoms with Crippen LogP contribution in [0.1, 0.15) is 35.3 Å². The van der Waals surface area contributed by atoms with E-state index in [1.165, 1.54) is 6.07 Å². The van der Waals surface area contributed by atoms with Crippen molar-refractivity contribution in [1.29, 1.82) is 0 Å². The highest BCUT2D eigenvalue weighted by molar-refractivity contribution is 5.89. The molecule has 2 aromatic carbocycles. The Morgan fingerprint density at radius 1 is 0.964 bits per heavy atom. The van der Waals surface area contributed by atoms with E-state index >= 15 is 0 Å². The monoisotopic (exact) mass is 382 g/mol. The minimum absolute atomic E-state index is 0.0601. The van der Waals surface area contributed by atoms with Crippen molar-refractivity contribution in [2.75, 3.05) is 6.54 Å². The molecule has 0 aliphatic rings. The third-order valence-corrected chi connectivity index (χ3v) is 4.36. The standard InChI is InChI=1S/C22H26N2O4/c1-15(2)20(24-19(25)14-16-7-4-3-5-8-16)21(26)23-12-11-17-9-6-10-18(13-17)22(27)28/h3-10,13,15,20H,11-12,14H2,1-2H3,(H,23,26)(H,24,25)(H,27,28). The van der Waals surface area contributed by atoms with Crippen molar-refractivity contribution in [2.45, 2.75) is 32.7 Å². The van der Waals surface area contributed by atoms with Gasteiger partial charge >= 0.3 is 5.97 Å². The first-order valence-corrected chi connectivity index (χ1v) is 9.30. The van der Waals surface area contributed by atoms with Gasteiger partial charge in [-0.05, 0) is 35.6 Å². The predicted octanol–water partition coefficient (Wildman–Crippen LogP) is 2.43. The van der Waals surface area contributed by atoms with Crippen LogP contribution in [0.5, 0.6) is 0 Å². The summed E-state index contributed by atoms with van der Waals surface area (Å²) < 4.78 is 0. The van der Waals surface area contributed by atoms with Crippen LogP contribution < -0.4 is 10.6 Å². The number of amides is 2. The minimum atomic E-state index is -0.980. The smallest absolute Gasteiger partial charge is 0.335 e. The number of carbonyl (C=O) groups is 3. The molecular formula is C22H26N2O4. The number of carboxylic acids is 1. The summed E-state index contributed by atoms with van der Waals surface area (Å²) in [6.07, 6.45) is 0.731. The molecule has 0 aliphatic heterocycles. The second-order valence-corrected chi connectivity index (χ2v) is 7.00. The van der Waals surface area contributed by atoms with E-state index in [-0.39, 0.29) is 29.7 Å². The molecule has 0 aromatic heterocycles. The lowest BCUT2D eigenvalue weighted by Crippen LogP contribution is -2.50. The van der Waals surface area contributed by atoms with Gasteiger partial charge < -0.3 is 15.7 Å². The molecule has 0 aliphatic carbocycles. The van der Waals surface area contributed by atoms with Gasteiger partial charge in [-0.2, -0.15) is 0 Å². The molecule has 28 heavy (non-hydrogen) atoms. The highest BCUT2D eigenvalue weighted by Gasteiger charge is 2.23. The fourth-order valence-corrected chi connectivity index (χ4v) is 2.84. The third-order valence-electron chi connectivity index (χ3n) is 4.36. The summed E-state index contributed by atoms with van der Waals surface area (Å²) in [6, 6.07) is 15.4. The third kappa shape index (κ3) is 6.54. The molecule has 6 nitrogen and oxygen atoms in total. The van der Waals surface area contributed by atoms with Crippen molar-refractivity contribution >= 4 is 17.8 Å². The molecule has 0 bridgehead atoms. The Morgan fingerprint density at radius 3 is 2.29 bits per heavy atom. The molecule has 3 N–H and O–H groups in total. The second kappa shape index (κ2) is 10.3. The molecule has 148 valence electrons. The number of hydrogen-bond donors (Lipinski definition) is 3. The first-order chi connectivity index (χ1) is 13.4. The highest BCUT2D eigenvalue weighted by Crippen LogP contribution is 2.07. The van der Waals surface area contributed by atoms with Crippen molar-refractivity contribution in [2.24, 2.45) is 5.92 Å². The van der Waals surface area contributed by atoms with Crippen LogP contribution in [0.3, 0.4) is 0 Å². The summed E-state index contributed by atoms with van der Waals surface area (Å²) in [5.74, 6) is -1.48. The molecule has 0 radical (unpaired) electrons. The Kier molecular flexibility index (Phi) is 7.75. The molecule has 0 fully saturated rings. The van der Waals surface area contributed by atoms with E-state index in [9.17, 15) is 14.4 Å². The number of rotatable bonds is 9. The molecule has 2 aromatic rings. The topological polar surface area (TPSA) is 95.5 Å². The predicted molar refractivity (Wildman–Crippen MR) is 107 cm³/mol. The van der Waals surface area contributed by atoms with E-state index < -0.39 is 12.0 Å². The molecule has 0 heterocycles. The molecule has 2 amide bonds. The van der Waals surface area contributed by atoms with Gasteiger partial charge in [0.15, 0.2) is 0 Å². The lowest BCUT2D eigenvalue weighted by Gasteiger charge is -2.22. The summed E-state index contributed by atoms with van der Waals surface area (Å²) in [6.45, 7) is 4.12.